The van der Waals surface area contributed by atoms with E-state index in [4.69, 9.17) is 10.5 Å². The summed E-state index contributed by atoms with van der Waals surface area (Å²) in [7, 11) is 2.90. The summed E-state index contributed by atoms with van der Waals surface area (Å²) in [6.07, 6.45) is 0. The van der Waals surface area contributed by atoms with Crippen LogP contribution in [0.4, 0.5) is 10.1 Å². The van der Waals surface area contributed by atoms with Gasteiger partial charge in [-0.2, -0.15) is 0 Å². The summed E-state index contributed by atoms with van der Waals surface area (Å²) in [5.74, 6) is -1.29. The molecule has 0 saturated carbocycles. The molecule has 2 amide bonds. The van der Waals surface area contributed by atoms with Crippen molar-refractivity contribution in [2.75, 3.05) is 32.6 Å². The Bertz CT molecular complexity index is 482. The fourth-order valence-electron chi connectivity index (χ4n) is 1.59. The fourth-order valence-corrected chi connectivity index (χ4v) is 1.59. The third kappa shape index (κ3) is 4.94. The standard InChI is InChI=1S/C13H18FN3O3/c1-17(13(19)11(15)8-20-2)7-12(18)16-10-5-3-4-9(14)6-10/h3-6,11H,7-8,15H2,1-2H3,(H,16,18). The summed E-state index contributed by atoms with van der Waals surface area (Å²) in [6, 6.07) is 4.69. The summed E-state index contributed by atoms with van der Waals surface area (Å²) in [6.45, 7) is -0.0958. The Morgan fingerprint density at radius 1 is 1.50 bits per heavy atom. The maximum Gasteiger partial charge on any atom is 0.243 e. The number of halogens is 1. The highest BCUT2D eigenvalue weighted by Crippen LogP contribution is 2.08. The molecule has 1 unspecified atom stereocenters. The molecular formula is C13H18FN3O3. The van der Waals surface area contributed by atoms with E-state index in [1.165, 1.54) is 37.3 Å². The molecule has 1 aromatic rings. The van der Waals surface area contributed by atoms with Crippen molar-refractivity contribution in [1.82, 2.24) is 4.90 Å². The van der Waals surface area contributed by atoms with E-state index >= 15 is 0 Å². The lowest BCUT2D eigenvalue weighted by Gasteiger charge is -2.20. The molecular weight excluding hydrogens is 265 g/mol. The second-order valence-corrected chi connectivity index (χ2v) is 4.31. The van der Waals surface area contributed by atoms with Gasteiger partial charge < -0.3 is 20.7 Å². The molecule has 0 aliphatic rings. The van der Waals surface area contributed by atoms with Gasteiger partial charge in [0.1, 0.15) is 11.9 Å². The number of methoxy groups -OCH3 is 1. The highest BCUT2D eigenvalue weighted by molar-refractivity contribution is 5.95. The summed E-state index contributed by atoms with van der Waals surface area (Å²) < 4.78 is 17.7. The largest absolute Gasteiger partial charge is 0.383 e. The molecule has 1 rings (SSSR count). The SMILES string of the molecule is COCC(N)C(=O)N(C)CC(=O)Nc1cccc(F)c1. The van der Waals surface area contributed by atoms with Gasteiger partial charge in [-0.05, 0) is 18.2 Å². The second-order valence-electron chi connectivity index (χ2n) is 4.31. The molecule has 6 nitrogen and oxygen atoms in total. The minimum absolute atomic E-state index is 0.0781. The van der Waals surface area contributed by atoms with E-state index < -0.39 is 23.7 Å². The average molecular weight is 283 g/mol. The van der Waals surface area contributed by atoms with Crippen molar-refractivity contribution >= 4 is 17.5 Å². The van der Waals surface area contributed by atoms with Gasteiger partial charge in [-0.1, -0.05) is 6.07 Å². The molecule has 0 spiro atoms. The number of amides is 2. The zero-order chi connectivity index (χ0) is 15.1. The normalized spacial score (nSPS) is 11.8. The van der Waals surface area contributed by atoms with Gasteiger partial charge in [0.25, 0.3) is 0 Å². The third-order valence-corrected chi connectivity index (χ3v) is 2.53. The molecule has 110 valence electrons. The molecule has 1 aromatic carbocycles. The first-order valence-electron chi connectivity index (χ1n) is 5.99. The number of benzene rings is 1. The van der Waals surface area contributed by atoms with Crippen LogP contribution in [0.15, 0.2) is 24.3 Å². The lowest BCUT2D eigenvalue weighted by Crippen LogP contribution is -2.46. The van der Waals surface area contributed by atoms with Crippen molar-refractivity contribution in [1.29, 1.82) is 0 Å². The predicted octanol–water partition coefficient (Wildman–Crippen LogP) is 0.196. The molecule has 0 saturated heterocycles. The summed E-state index contributed by atoms with van der Waals surface area (Å²) >= 11 is 0. The van der Waals surface area contributed by atoms with Crippen molar-refractivity contribution in [2.45, 2.75) is 6.04 Å². The van der Waals surface area contributed by atoms with E-state index in [9.17, 15) is 14.0 Å². The number of rotatable bonds is 6. The number of anilines is 1. The number of nitrogens with zero attached hydrogens (tertiary/aromatic N) is 1. The molecule has 0 aliphatic heterocycles. The summed E-state index contributed by atoms with van der Waals surface area (Å²) in [4.78, 5) is 24.7. The number of carbonyl (C=O) groups is 2. The molecule has 0 fully saturated rings. The van der Waals surface area contributed by atoms with Crippen LogP contribution in [-0.2, 0) is 14.3 Å². The number of carbonyl (C=O) groups excluding carboxylic acids is 2. The number of hydrogen-bond donors (Lipinski definition) is 2. The first kappa shape index (κ1) is 16.1. The van der Waals surface area contributed by atoms with Crippen molar-refractivity contribution in [3.63, 3.8) is 0 Å². The molecule has 7 heteroatoms. The fraction of sp³-hybridized carbons (Fsp3) is 0.385. The van der Waals surface area contributed by atoms with Gasteiger partial charge in [0.2, 0.25) is 11.8 Å². The van der Waals surface area contributed by atoms with Crippen LogP contribution in [0.2, 0.25) is 0 Å². The van der Waals surface area contributed by atoms with Crippen molar-refractivity contribution in [2.24, 2.45) is 5.73 Å². The second kappa shape index (κ2) is 7.56. The Morgan fingerprint density at radius 3 is 2.80 bits per heavy atom. The zero-order valence-electron chi connectivity index (χ0n) is 11.4. The minimum Gasteiger partial charge on any atom is -0.383 e. The lowest BCUT2D eigenvalue weighted by atomic mass is 10.3. The molecule has 20 heavy (non-hydrogen) atoms. The highest BCUT2D eigenvalue weighted by atomic mass is 19.1. The van der Waals surface area contributed by atoms with Crippen LogP contribution < -0.4 is 11.1 Å². The smallest absolute Gasteiger partial charge is 0.243 e. The number of hydrogen-bond acceptors (Lipinski definition) is 4. The Kier molecular flexibility index (Phi) is 6.08. The topological polar surface area (TPSA) is 84.7 Å². The van der Waals surface area contributed by atoms with E-state index in [0.29, 0.717) is 5.69 Å². The Balaban J connectivity index is 2.51. The van der Waals surface area contributed by atoms with Crippen LogP contribution in [0.1, 0.15) is 0 Å². The summed E-state index contributed by atoms with van der Waals surface area (Å²) in [5, 5.41) is 2.49. The Morgan fingerprint density at radius 2 is 2.20 bits per heavy atom. The van der Waals surface area contributed by atoms with E-state index in [2.05, 4.69) is 5.32 Å². The molecule has 0 aromatic heterocycles. The number of nitrogens with one attached hydrogen (secondary N) is 1. The average Bonchev–Trinajstić information content (AvgIpc) is 2.37. The van der Waals surface area contributed by atoms with Gasteiger partial charge in [-0.15, -0.1) is 0 Å². The maximum atomic E-state index is 13.0. The summed E-state index contributed by atoms with van der Waals surface area (Å²) in [5.41, 5.74) is 5.91. The lowest BCUT2D eigenvalue weighted by molar-refractivity contribution is -0.135. The maximum absolute atomic E-state index is 13.0. The van der Waals surface area contributed by atoms with Crippen LogP contribution in [0, 0.1) is 5.82 Å². The van der Waals surface area contributed by atoms with Gasteiger partial charge >= 0.3 is 0 Å². The van der Waals surface area contributed by atoms with E-state index in [1.807, 2.05) is 0 Å². The molecule has 0 bridgehead atoms. The van der Waals surface area contributed by atoms with Gasteiger partial charge in [0.05, 0.1) is 13.2 Å². The van der Waals surface area contributed by atoms with Crippen LogP contribution in [0.5, 0.6) is 0 Å². The van der Waals surface area contributed by atoms with E-state index in [-0.39, 0.29) is 13.2 Å². The van der Waals surface area contributed by atoms with Crippen LogP contribution in [0.3, 0.4) is 0 Å². The van der Waals surface area contributed by atoms with Crippen LogP contribution in [0.25, 0.3) is 0 Å². The number of likely N-dealkylation sites (N-methyl/N-ethyl adjacent to an activating group) is 1. The Hall–Kier alpha value is -1.99. The third-order valence-electron chi connectivity index (χ3n) is 2.53. The number of nitrogens with two attached hydrogens (primary N) is 1. The van der Waals surface area contributed by atoms with Crippen molar-refractivity contribution in [3.05, 3.63) is 30.1 Å². The first-order chi connectivity index (χ1) is 9.43. The predicted molar refractivity (Wildman–Crippen MR) is 72.5 cm³/mol. The zero-order valence-corrected chi connectivity index (χ0v) is 11.4. The van der Waals surface area contributed by atoms with Gasteiger partial charge in [-0.25, -0.2) is 4.39 Å². The molecule has 0 radical (unpaired) electrons. The van der Waals surface area contributed by atoms with Crippen molar-refractivity contribution in [3.8, 4) is 0 Å². The highest BCUT2D eigenvalue weighted by Gasteiger charge is 2.19. The minimum atomic E-state index is -0.813. The van der Waals surface area contributed by atoms with Gasteiger partial charge in [0.15, 0.2) is 0 Å². The Labute approximate surface area is 116 Å². The quantitative estimate of drug-likeness (QED) is 0.781. The molecule has 0 heterocycles. The van der Waals surface area contributed by atoms with E-state index in [0.717, 1.165) is 0 Å². The van der Waals surface area contributed by atoms with Gasteiger partial charge in [-0.3, -0.25) is 9.59 Å². The van der Waals surface area contributed by atoms with Crippen LogP contribution in [-0.4, -0.2) is 50.1 Å². The molecule has 1 atom stereocenters. The first-order valence-corrected chi connectivity index (χ1v) is 5.99. The van der Waals surface area contributed by atoms with Crippen molar-refractivity contribution < 1.29 is 18.7 Å². The number of ether oxygens (including phenoxy) is 1. The molecule has 3 N–H and O–H groups in total. The van der Waals surface area contributed by atoms with Crippen LogP contribution >= 0.6 is 0 Å². The monoisotopic (exact) mass is 283 g/mol. The van der Waals surface area contributed by atoms with Gasteiger partial charge in [0, 0.05) is 19.8 Å². The molecule has 0 aliphatic carbocycles. The van der Waals surface area contributed by atoms with E-state index in [1.54, 1.807) is 6.07 Å².